The maximum atomic E-state index is 14.1. The van der Waals surface area contributed by atoms with E-state index in [0.29, 0.717) is 15.6 Å². The van der Waals surface area contributed by atoms with Crippen molar-refractivity contribution in [1.29, 1.82) is 0 Å². The molecule has 2 aromatic heterocycles. The van der Waals surface area contributed by atoms with Gasteiger partial charge in [-0.2, -0.15) is 0 Å². The summed E-state index contributed by atoms with van der Waals surface area (Å²) in [5.41, 5.74) is 6.02. The van der Waals surface area contributed by atoms with Crippen molar-refractivity contribution in [1.82, 2.24) is 14.5 Å². The number of anilines is 1. The maximum absolute atomic E-state index is 14.1. The van der Waals surface area contributed by atoms with E-state index in [2.05, 4.69) is 26.0 Å². The Morgan fingerprint density at radius 3 is 2.90 bits per heavy atom. The van der Waals surface area contributed by atoms with Crippen molar-refractivity contribution in [3.63, 3.8) is 0 Å². The summed E-state index contributed by atoms with van der Waals surface area (Å²) >= 11 is 2.27. The van der Waals surface area contributed by atoms with Crippen LogP contribution in [-0.4, -0.2) is 65.7 Å². The Bertz CT molecular complexity index is 652. The van der Waals surface area contributed by atoms with E-state index in [-0.39, 0.29) is 5.95 Å². The Hall–Kier alpha value is -1.25. The first-order valence-corrected chi connectivity index (χ1v) is 6.88. The van der Waals surface area contributed by atoms with Crippen LogP contribution >= 0.6 is 0 Å². The predicted octanol–water partition coefficient (Wildman–Crippen LogP) is -1.87. The quantitative estimate of drug-likeness (QED) is 0.550. The standard InChI is InChI=1S/C11H13FN4O3Se/c12-6-7(18)5(3-17)19-10(6)16-2-1-4-8(16)14-11(13)15-9(4)20/h1-2,5-7,10,17-18H,3H2,(H3,13,14,15,20)/t5-,6+,7-,10-/m1/s1. The zero-order valence-electron chi connectivity index (χ0n) is 10.2. The van der Waals surface area contributed by atoms with Gasteiger partial charge < -0.3 is 0 Å². The second-order valence-corrected chi connectivity index (χ2v) is 5.44. The average molecular weight is 347 g/mol. The summed E-state index contributed by atoms with van der Waals surface area (Å²) < 4.78 is 21.5. The van der Waals surface area contributed by atoms with Gasteiger partial charge in [0.1, 0.15) is 0 Å². The molecule has 20 heavy (non-hydrogen) atoms. The van der Waals surface area contributed by atoms with Gasteiger partial charge in [-0.1, -0.05) is 0 Å². The molecule has 108 valence electrons. The van der Waals surface area contributed by atoms with Crippen molar-refractivity contribution in [3.8, 4) is 0 Å². The molecule has 1 fully saturated rings. The van der Waals surface area contributed by atoms with Gasteiger partial charge in [-0.25, -0.2) is 0 Å². The van der Waals surface area contributed by atoms with Gasteiger partial charge in [-0.3, -0.25) is 0 Å². The topological polar surface area (TPSA) is 106 Å². The first kappa shape index (κ1) is 13.7. The van der Waals surface area contributed by atoms with Crippen molar-refractivity contribution in [2.75, 3.05) is 12.3 Å². The summed E-state index contributed by atoms with van der Waals surface area (Å²) in [4.78, 5) is 8.09. The minimum absolute atomic E-state index is 0.0701. The Morgan fingerprint density at radius 1 is 1.50 bits per heavy atom. The number of hydrogen-bond donors (Lipinski definition) is 3. The fraction of sp³-hybridized carbons (Fsp3) is 0.455. The SMILES string of the molecule is Nc1nc([SeH])c2ccn([C@@H]3O[C@H](CO)[C@@H](O)[C@@H]3F)c2n1. The van der Waals surface area contributed by atoms with Gasteiger partial charge >= 0.3 is 121 Å². The number of hydrogen-bond acceptors (Lipinski definition) is 6. The van der Waals surface area contributed by atoms with Crippen molar-refractivity contribution in [2.45, 2.75) is 24.6 Å². The van der Waals surface area contributed by atoms with Gasteiger partial charge in [0.05, 0.1) is 0 Å². The van der Waals surface area contributed by atoms with Crippen LogP contribution in [0.1, 0.15) is 6.23 Å². The van der Waals surface area contributed by atoms with E-state index in [0.717, 1.165) is 0 Å². The van der Waals surface area contributed by atoms with E-state index in [4.69, 9.17) is 15.6 Å². The van der Waals surface area contributed by atoms with Crippen LogP contribution in [0.2, 0.25) is 0 Å². The van der Waals surface area contributed by atoms with Crippen molar-refractivity contribution in [3.05, 3.63) is 12.3 Å². The third-order valence-corrected chi connectivity index (χ3v) is 4.03. The molecular formula is C11H13FN4O3Se. The summed E-state index contributed by atoms with van der Waals surface area (Å²) in [6.45, 7) is -0.454. The molecule has 0 saturated carbocycles. The number of nitrogens with two attached hydrogens (primary N) is 1. The van der Waals surface area contributed by atoms with E-state index in [1.807, 2.05) is 0 Å². The first-order chi connectivity index (χ1) is 9.52. The number of halogens is 1. The zero-order valence-corrected chi connectivity index (χ0v) is 12.1. The predicted molar refractivity (Wildman–Crippen MR) is 70.6 cm³/mol. The van der Waals surface area contributed by atoms with Crippen LogP contribution in [0.5, 0.6) is 0 Å². The number of rotatable bonds is 2. The molecule has 0 aliphatic carbocycles. The summed E-state index contributed by atoms with van der Waals surface area (Å²) in [5.74, 6) is 0.0701. The van der Waals surface area contributed by atoms with Gasteiger partial charge in [-0.15, -0.1) is 0 Å². The molecular weight excluding hydrogens is 334 g/mol. The van der Waals surface area contributed by atoms with Gasteiger partial charge in [-0.05, 0) is 0 Å². The minimum atomic E-state index is -1.66. The zero-order chi connectivity index (χ0) is 14.4. The van der Waals surface area contributed by atoms with E-state index in [1.165, 1.54) is 4.57 Å². The number of aromatic nitrogens is 3. The molecule has 0 spiro atoms. The van der Waals surface area contributed by atoms with Crippen LogP contribution in [0.15, 0.2) is 12.3 Å². The number of fused-ring (bicyclic) bond motifs is 1. The molecule has 1 aliphatic heterocycles. The van der Waals surface area contributed by atoms with Crippen LogP contribution in [0.25, 0.3) is 11.0 Å². The third-order valence-electron chi connectivity index (χ3n) is 3.32. The summed E-state index contributed by atoms with van der Waals surface area (Å²) in [7, 11) is 0. The molecule has 3 rings (SSSR count). The van der Waals surface area contributed by atoms with Gasteiger partial charge in [0.25, 0.3) is 0 Å². The Balaban J connectivity index is 2.07. The fourth-order valence-electron chi connectivity index (χ4n) is 2.32. The number of alkyl halides is 1. The van der Waals surface area contributed by atoms with Crippen LogP contribution in [0.4, 0.5) is 10.3 Å². The van der Waals surface area contributed by atoms with Gasteiger partial charge in [0.15, 0.2) is 0 Å². The van der Waals surface area contributed by atoms with Crippen LogP contribution in [-0.2, 0) is 4.74 Å². The second-order valence-electron chi connectivity index (χ2n) is 4.55. The molecule has 0 radical (unpaired) electrons. The summed E-state index contributed by atoms with van der Waals surface area (Å²) in [6.07, 6.45) is -3.45. The van der Waals surface area contributed by atoms with E-state index in [9.17, 15) is 9.50 Å². The number of aliphatic hydroxyl groups excluding tert-OH is 2. The van der Waals surface area contributed by atoms with Crippen LogP contribution < -0.4 is 10.3 Å². The molecule has 4 N–H and O–H groups in total. The Kier molecular flexibility index (Phi) is 3.39. The van der Waals surface area contributed by atoms with Crippen LogP contribution in [0.3, 0.4) is 0 Å². The van der Waals surface area contributed by atoms with E-state index in [1.54, 1.807) is 12.3 Å². The number of aliphatic hydroxyl groups is 2. The molecule has 0 amide bonds. The summed E-state index contributed by atoms with van der Waals surface area (Å²) in [6, 6.07) is 1.72. The molecule has 2 aromatic rings. The monoisotopic (exact) mass is 348 g/mol. The molecule has 0 bridgehead atoms. The fourth-order valence-corrected chi connectivity index (χ4v) is 2.90. The van der Waals surface area contributed by atoms with Crippen molar-refractivity contribution < 1.29 is 19.3 Å². The first-order valence-electron chi connectivity index (χ1n) is 5.94. The summed E-state index contributed by atoms with van der Waals surface area (Å²) in [5, 5.41) is 19.4. The average Bonchev–Trinajstić information content (AvgIpc) is 2.93. The van der Waals surface area contributed by atoms with Crippen LogP contribution in [0, 0.1) is 0 Å². The third kappa shape index (κ3) is 1.99. The molecule has 7 nitrogen and oxygen atoms in total. The molecule has 4 atom stereocenters. The number of nitrogen functional groups attached to an aromatic ring is 1. The van der Waals surface area contributed by atoms with Crippen molar-refractivity contribution >= 4 is 37.6 Å². The Morgan fingerprint density at radius 2 is 2.25 bits per heavy atom. The Labute approximate surface area is 121 Å². The molecule has 0 unspecified atom stereocenters. The molecule has 1 aliphatic rings. The molecule has 0 aromatic carbocycles. The van der Waals surface area contributed by atoms with Gasteiger partial charge in [0.2, 0.25) is 0 Å². The van der Waals surface area contributed by atoms with E-state index >= 15 is 0 Å². The van der Waals surface area contributed by atoms with Gasteiger partial charge in [0, 0.05) is 0 Å². The normalized spacial score (nSPS) is 30.2. The number of ether oxygens (including phenoxy) is 1. The molecule has 1 saturated heterocycles. The molecule has 9 heteroatoms. The second kappa shape index (κ2) is 4.94. The molecule has 3 heterocycles. The number of nitrogens with zero attached hydrogens (tertiary/aromatic N) is 3. The van der Waals surface area contributed by atoms with Crippen molar-refractivity contribution in [2.24, 2.45) is 0 Å². The van der Waals surface area contributed by atoms with E-state index < -0.39 is 31.2 Å².